The first-order valence-corrected chi connectivity index (χ1v) is 7.46. The molecule has 0 aromatic carbocycles. The second-order valence-electron chi connectivity index (χ2n) is 6.16. The van der Waals surface area contributed by atoms with Crippen LogP contribution in [0.1, 0.15) is 62.8 Å². The van der Waals surface area contributed by atoms with Crippen LogP contribution in [0.5, 0.6) is 0 Å². The van der Waals surface area contributed by atoms with Gasteiger partial charge in [0.2, 0.25) is 0 Å². The zero-order valence-electron chi connectivity index (χ0n) is 13.2. The Hall–Kier alpha value is -1.53. The molecule has 7 heteroatoms. The highest BCUT2D eigenvalue weighted by Gasteiger charge is 2.36. The molecular weight excluding hydrogens is 302 g/mol. The van der Waals surface area contributed by atoms with Gasteiger partial charge in [-0.3, -0.25) is 0 Å². The predicted molar refractivity (Wildman–Crippen MR) is 85.7 cm³/mol. The van der Waals surface area contributed by atoms with E-state index in [4.69, 9.17) is 10.3 Å². The molecule has 0 unspecified atom stereocenters. The molecule has 0 amide bonds. The van der Waals surface area contributed by atoms with Crippen LogP contribution in [-0.4, -0.2) is 20.1 Å². The van der Waals surface area contributed by atoms with Gasteiger partial charge in [0.1, 0.15) is 5.82 Å². The number of halogens is 1. The quantitative estimate of drug-likeness (QED) is 0.933. The standard InChI is InChI=1S/C15H21N5O.ClH/c1-9(2)12-11(8-17-10(3)18-12)13-19-14(20-21-13)15(16)6-4-5-7-15;/h8-9H,4-7,16H2,1-3H3;1H. The summed E-state index contributed by atoms with van der Waals surface area (Å²) in [5, 5.41) is 4.10. The van der Waals surface area contributed by atoms with Gasteiger partial charge in [-0.1, -0.05) is 31.8 Å². The van der Waals surface area contributed by atoms with Gasteiger partial charge >= 0.3 is 0 Å². The van der Waals surface area contributed by atoms with Crippen molar-refractivity contribution >= 4 is 12.4 Å². The summed E-state index contributed by atoms with van der Waals surface area (Å²) in [5.74, 6) is 2.07. The molecule has 0 bridgehead atoms. The molecular formula is C15H22ClN5O. The van der Waals surface area contributed by atoms with Gasteiger partial charge in [-0.25, -0.2) is 9.97 Å². The normalized spacial score (nSPS) is 16.8. The largest absolute Gasteiger partial charge is 0.334 e. The van der Waals surface area contributed by atoms with Crippen molar-refractivity contribution < 1.29 is 4.52 Å². The number of rotatable bonds is 3. The van der Waals surface area contributed by atoms with E-state index in [0.29, 0.717) is 11.7 Å². The van der Waals surface area contributed by atoms with Crippen LogP contribution < -0.4 is 5.73 Å². The second kappa shape index (κ2) is 6.30. The lowest BCUT2D eigenvalue weighted by atomic mass is 9.98. The summed E-state index contributed by atoms with van der Waals surface area (Å²) in [6, 6.07) is 0. The van der Waals surface area contributed by atoms with E-state index in [1.807, 2.05) is 6.92 Å². The Labute approximate surface area is 136 Å². The van der Waals surface area contributed by atoms with Crippen LogP contribution in [0.25, 0.3) is 11.5 Å². The van der Waals surface area contributed by atoms with Crippen LogP contribution in [0.2, 0.25) is 0 Å². The SMILES string of the molecule is Cc1ncc(-c2nc(C3(N)CCCC3)no2)c(C(C)C)n1.Cl. The van der Waals surface area contributed by atoms with Crippen molar-refractivity contribution in [2.24, 2.45) is 5.73 Å². The van der Waals surface area contributed by atoms with E-state index in [9.17, 15) is 0 Å². The van der Waals surface area contributed by atoms with Crippen molar-refractivity contribution in [2.75, 3.05) is 0 Å². The Kier molecular flexibility index (Phi) is 4.82. The molecule has 3 rings (SSSR count). The molecule has 0 saturated heterocycles. The molecule has 1 aliphatic rings. The molecule has 0 aliphatic heterocycles. The summed E-state index contributed by atoms with van der Waals surface area (Å²) in [4.78, 5) is 13.3. The average Bonchev–Trinajstić information content (AvgIpc) is 3.08. The van der Waals surface area contributed by atoms with Gasteiger partial charge in [-0.2, -0.15) is 4.98 Å². The molecule has 0 atom stereocenters. The zero-order valence-corrected chi connectivity index (χ0v) is 14.0. The van der Waals surface area contributed by atoms with Gasteiger partial charge in [-0.05, 0) is 25.7 Å². The third-order valence-corrected chi connectivity index (χ3v) is 4.08. The van der Waals surface area contributed by atoms with E-state index < -0.39 is 5.54 Å². The molecule has 0 radical (unpaired) electrons. The van der Waals surface area contributed by atoms with E-state index in [2.05, 4.69) is 34.0 Å². The third kappa shape index (κ3) is 2.98. The molecule has 1 aliphatic carbocycles. The van der Waals surface area contributed by atoms with Gasteiger partial charge in [0.05, 0.1) is 16.8 Å². The highest BCUT2D eigenvalue weighted by Crippen LogP contribution is 2.36. The van der Waals surface area contributed by atoms with Crippen LogP contribution >= 0.6 is 12.4 Å². The van der Waals surface area contributed by atoms with Gasteiger partial charge in [0, 0.05) is 6.20 Å². The van der Waals surface area contributed by atoms with Crippen molar-refractivity contribution in [1.82, 2.24) is 20.1 Å². The van der Waals surface area contributed by atoms with Crippen LogP contribution in [-0.2, 0) is 5.54 Å². The van der Waals surface area contributed by atoms with E-state index in [0.717, 1.165) is 42.8 Å². The number of aromatic nitrogens is 4. The fraction of sp³-hybridized carbons (Fsp3) is 0.600. The fourth-order valence-electron chi connectivity index (χ4n) is 2.86. The van der Waals surface area contributed by atoms with Crippen molar-refractivity contribution in [1.29, 1.82) is 0 Å². The summed E-state index contributed by atoms with van der Waals surface area (Å²) in [7, 11) is 0. The number of nitrogens with zero attached hydrogens (tertiary/aromatic N) is 4. The van der Waals surface area contributed by atoms with Crippen LogP contribution in [0.3, 0.4) is 0 Å². The highest BCUT2D eigenvalue weighted by molar-refractivity contribution is 5.85. The number of aryl methyl sites for hydroxylation is 1. The lowest BCUT2D eigenvalue weighted by molar-refractivity contribution is 0.372. The number of hydrogen-bond donors (Lipinski definition) is 1. The molecule has 2 heterocycles. The monoisotopic (exact) mass is 323 g/mol. The molecule has 120 valence electrons. The molecule has 6 nitrogen and oxygen atoms in total. The molecule has 2 aromatic heterocycles. The van der Waals surface area contributed by atoms with Crippen molar-refractivity contribution in [3.05, 3.63) is 23.5 Å². The smallest absolute Gasteiger partial charge is 0.261 e. The molecule has 2 N–H and O–H groups in total. The van der Waals surface area contributed by atoms with Crippen molar-refractivity contribution in [3.63, 3.8) is 0 Å². The Morgan fingerprint density at radius 3 is 2.55 bits per heavy atom. The third-order valence-electron chi connectivity index (χ3n) is 4.08. The predicted octanol–water partition coefficient (Wildman–Crippen LogP) is 3.11. The Morgan fingerprint density at radius 1 is 1.23 bits per heavy atom. The number of nitrogens with two attached hydrogens (primary N) is 1. The van der Waals surface area contributed by atoms with Crippen molar-refractivity contribution in [2.45, 2.75) is 57.9 Å². The maximum atomic E-state index is 6.38. The minimum Gasteiger partial charge on any atom is -0.334 e. The summed E-state index contributed by atoms with van der Waals surface area (Å²) < 4.78 is 5.44. The van der Waals surface area contributed by atoms with Crippen LogP contribution in [0.15, 0.2) is 10.7 Å². The first-order chi connectivity index (χ1) is 9.99. The fourth-order valence-corrected chi connectivity index (χ4v) is 2.86. The zero-order chi connectivity index (χ0) is 15.0. The maximum absolute atomic E-state index is 6.38. The summed E-state index contributed by atoms with van der Waals surface area (Å²) >= 11 is 0. The first-order valence-electron chi connectivity index (χ1n) is 7.46. The topological polar surface area (TPSA) is 90.7 Å². The van der Waals surface area contributed by atoms with Crippen LogP contribution in [0.4, 0.5) is 0 Å². The Morgan fingerprint density at radius 2 is 1.91 bits per heavy atom. The lowest BCUT2D eigenvalue weighted by Gasteiger charge is -2.17. The minimum atomic E-state index is -0.439. The van der Waals surface area contributed by atoms with Gasteiger partial charge in [0.25, 0.3) is 5.89 Å². The number of hydrogen-bond acceptors (Lipinski definition) is 6. The van der Waals surface area contributed by atoms with Crippen LogP contribution in [0, 0.1) is 6.92 Å². The minimum absolute atomic E-state index is 0. The Balaban J connectivity index is 0.00000176. The van der Waals surface area contributed by atoms with E-state index in [1.165, 1.54) is 0 Å². The average molecular weight is 324 g/mol. The lowest BCUT2D eigenvalue weighted by Crippen LogP contribution is -2.34. The molecule has 1 saturated carbocycles. The van der Waals surface area contributed by atoms with E-state index >= 15 is 0 Å². The van der Waals surface area contributed by atoms with E-state index in [-0.39, 0.29) is 18.3 Å². The molecule has 22 heavy (non-hydrogen) atoms. The van der Waals surface area contributed by atoms with E-state index in [1.54, 1.807) is 6.20 Å². The summed E-state index contributed by atoms with van der Waals surface area (Å²) in [5.41, 5.74) is 7.67. The second-order valence-corrected chi connectivity index (χ2v) is 6.16. The first kappa shape index (κ1) is 16.8. The summed E-state index contributed by atoms with van der Waals surface area (Å²) in [6.07, 6.45) is 5.81. The van der Waals surface area contributed by atoms with Gasteiger partial charge < -0.3 is 10.3 Å². The summed E-state index contributed by atoms with van der Waals surface area (Å²) in [6.45, 7) is 6.05. The van der Waals surface area contributed by atoms with Gasteiger partial charge in [0.15, 0.2) is 5.82 Å². The molecule has 2 aromatic rings. The molecule has 1 fully saturated rings. The Bertz CT molecular complexity index is 649. The highest BCUT2D eigenvalue weighted by atomic mass is 35.5. The maximum Gasteiger partial charge on any atom is 0.261 e. The van der Waals surface area contributed by atoms with Gasteiger partial charge in [-0.15, -0.1) is 12.4 Å². The molecule has 0 spiro atoms. The van der Waals surface area contributed by atoms with Crippen molar-refractivity contribution in [3.8, 4) is 11.5 Å².